The van der Waals surface area contributed by atoms with Crippen LogP contribution >= 0.6 is 22.7 Å². The number of rotatable bonds is 3. The van der Waals surface area contributed by atoms with Gasteiger partial charge in [-0.15, -0.1) is 22.7 Å². The molecule has 5 nitrogen and oxygen atoms in total. The van der Waals surface area contributed by atoms with Crippen LogP contribution in [0.3, 0.4) is 0 Å². The Kier molecular flexibility index (Phi) is 3.68. The Morgan fingerprint density at radius 2 is 1.90 bits per heavy atom. The molecule has 106 valence electrons. The van der Waals surface area contributed by atoms with E-state index in [4.69, 9.17) is 11.5 Å². The minimum atomic E-state index is 0.0156. The maximum atomic E-state index is 5.37. The number of thiazole rings is 2. The number of hydrogen-bond acceptors (Lipinski definition) is 5. The third-order valence-electron chi connectivity index (χ3n) is 2.77. The summed E-state index contributed by atoms with van der Waals surface area (Å²) in [6, 6.07) is 10.1. The summed E-state index contributed by atoms with van der Waals surface area (Å²) in [5, 5.41) is 3.48. The van der Waals surface area contributed by atoms with Gasteiger partial charge in [0, 0.05) is 10.9 Å². The van der Waals surface area contributed by atoms with Crippen molar-refractivity contribution >= 4 is 33.8 Å². The van der Waals surface area contributed by atoms with E-state index >= 15 is 0 Å². The summed E-state index contributed by atoms with van der Waals surface area (Å²) in [6.45, 7) is 1.98. The van der Waals surface area contributed by atoms with Crippen LogP contribution in [0.4, 0.5) is 5.13 Å². The van der Waals surface area contributed by atoms with Gasteiger partial charge in [0.15, 0.2) is 5.96 Å². The molecule has 0 saturated heterocycles. The Morgan fingerprint density at radius 3 is 2.62 bits per heavy atom. The fourth-order valence-electron chi connectivity index (χ4n) is 1.87. The smallest absolute Gasteiger partial charge is 0.212 e. The Morgan fingerprint density at radius 1 is 1.14 bits per heavy atom. The molecule has 21 heavy (non-hydrogen) atoms. The Hall–Kier alpha value is -2.25. The summed E-state index contributed by atoms with van der Waals surface area (Å²) in [4.78, 5) is 14.1. The number of guanidine groups is 1. The summed E-state index contributed by atoms with van der Waals surface area (Å²) < 4.78 is 0. The van der Waals surface area contributed by atoms with Crippen LogP contribution in [0.15, 0.2) is 40.7 Å². The molecule has 0 spiro atoms. The lowest BCUT2D eigenvalue weighted by molar-refractivity contribution is 1.25. The van der Waals surface area contributed by atoms with Crippen LogP contribution in [-0.2, 0) is 0 Å². The van der Waals surface area contributed by atoms with E-state index in [-0.39, 0.29) is 5.96 Å². The molecule has 0 radical (unpaired) electrons. The van der Waals surface area contributed by atoms with Gasteiger partial charge in [0.05, 0.1) is 16.3 Å². The number of hydrogen-bond donors (Lipinski definition) is 2. The number of aliphatic imine (C=N–C) groups is 1. The standard InChI is InChI=1S/C14H13N5S2/c1-8-11(10-7-20-14(18-10)19-13(15)16)21-12(17-8)9-5-3-2-4-6-9/h2-7H,1H3,(H4,15,16,18,19). The summed E-state index contributed by atoms with van der Waals surface area (Å²) in [7, 11) is 0. The van der Waals surface area contributed by atoms with Crippen LogP contribution in [0.2, 0.25) is 0 Å². The average Bonchev–Trinajstić information content (AvgIpc) is 3.06. The first-order valence-electron chi connectivity index (χ1n) is 6.22. The molecular formula is C14H13N5S2. The van der Waals surface area contributed by atoms with E-state index in [1.165, 1.54) is 11.3 Å². The van der Waals surface area contributed by atoms with Crippen molar-refractivity contribution in [2.75, 3.05) is 0 Å². The summed E-state index contributed by atoms with van der Waals surface area (Å²) >= 11 is 3.03. The van der Waals surface area contributed by atoms with Gasteiger partial charge in [-0.2, -0.15) is 4.99 Å². The summed E-state index contributed by atoms with van der Waals surface area (Å²) in [6.07, 6.45) is 0. The van der Waals surface area contributed by atoms with E-state index in [0.717, 1.165) is 26.8 Å². The molecule has 3 aromatic rings. The Bertz CT molecular complexity index is 785. The largest absolute Gasteiger partial charge is 0.370 e. The highest BCUT2D eigenvalue weighted by molar-refractivity contribution is 7.19. The van der Waals surface area contributed by atoms with Gasteiger partial charge >= 0.3 is 0 Å². The molecule has 0 aliphatic rings. The van der Waals surface area contributed by atoms with Gasteiger partial charge in [-0.05, 0) is 6.92 Å². The van der Waals surface area contributed by atoms with Crippen molar-refractivity contribution in [1.29, 1.82) is 0 Å². The van der Waals surface area contributed by atoms with Crippen molar-refractivity contribution in [3.63, 3.8) is 0 Å². The molecule has 0 aliphatic heterocycles. The molecule has 3 rings (SSSR count). The minimum absolute atomic E-state index is 0.0156. The minimum Gasteiger partial charge on any atom is -0.370 e. The van der Waals surface area contributed by atoms with Gasteiger partial charge < -0.3 is 11.5 Å². The lowest BCUT2D eigenvalue weighted by Gasteiger charge is -1.92. The van der Waals surface area contributed by atoms with Crippen molar-refractivity contribution in [2.45, 2.75) is 6.92 Å². The van der Waals surface area contributed by atoms with Crippen LogP contribution in [0.1, 0.15) is 5.69 Å². The highest BCUT2D eigenvalue weighted by Gasteiger charge is 2.14. The van der Waals surface area contributed by atoms with Gasteiger partial charge in [0.25, 0.3) is 0 Å². The molecule has 0 atom stereocenters. The maximum absolute atomic E-state index is 5.37. The molecule has 0 aliphatic carbocycles. The first-order valence-corrected chi connectivity index (χ1v) is 7.91. The molecule has 0 amide bonds. The number of nitrogens with two attached hydrogens (primary N) is 2. The van der Waals surface area contributed by atoms with Gasteiger partial charge in [-0.25, -0.2) is 9.97 Å². The zero-order valence-electron chi connectivity index (χ0n) is 11.3. The van der Waals surface area contributed by atoms with Gasteiger partial charge in [-0.1, -0.05) is 30.3 Å². The Balaban J connectivity index is 1.98. The number of nitrogens with zero attached hydrogens (tertiary/aromatic N) is 3. The van der Waals surface area contributed by atoms with Crippen molar-refractivity contribution in [1.82, 2.24) is 9.97 Å². The van der Waals surface area contributed by atoms with Crippen molar-refractivity contribution in [2.24, 2.45) is 16.5 Å². The second-order valence-corrected chi connectivity index (χ2v) is 6.19. The molecule has 0 fully saturated rings. The first kappa shape index (κ1) is 13.7. The fourth-order valence-corrected chi connectivity index (χ4v) is 3.67. The van der Waals surface area contributed by atoms with Crippen LogP contribution in [-0.4, -0.2) is 15.9 Å². The van der Waals surface area contributed by atoms with Crippen LogP contribution in [0, 0.1) is 6.92 Å². The van der Waals surface area contributed by atoms with Crippen molar-refractivity contribution < 1.29 is 0 Å². The average molecular weight is 315 g/mol. The highest BCUT2D eigenvalue weighted by atomic mass is 32.1. The van der Waals surface area contributed by atoms with Gasteiger partial charge in [-0.3, -0.25) is 0 Å². The molecule has 0 unspecified atom stereocenters. The third-order valence-corrected chi connectivity index (χ3v) is 4.73. The summed E-state index contributed by atoms with van der Waals surface area (Å²) in [5.74, 6) is 0.0156. The van der Waals surface area contributed by atoms with Gasteiger partial charge in [0.2, 0.25) is 5.13 Å². The maximum Gasteiger partial charge on any atom is 0.212 e. The van der Waals surface area contributed by atoms with E-state index in [0.29, 0.717) is 5.13 Å². The predicted molar refractivity (Wildman–Crippen MR) is 88.9 cm³/mol. The molecule has 2 heterocycles. The van der Waals surface area contributed by atoms with E-state index in [2.05, 4.69) is 15.0 Å². The topological polar surface area (TPSA) is 90.2 Å². The van der Waals surface area contributed by atoms with E-state index in [9.17, 15) is 0 Å². The van der Waals surface area contributed by atoms with Crippen molar-refractivity contribution in [3.8, 4) is 21.1 Å². The van der Waals surface area contributed by atoms with Crippen LogP contribution < -0.4 is 11.5 Å². The van der Waals surface area contributed by atoms with Crippen LogP contribution in [0.25, 0.3) is 21.1 Å². The van der Waals surface area contributed by atoms with Crippen LogP contribution in [0.5, 0.6) is 0 Å². The lowest BCUT2D eigenvalue weighted by atomic mass is 10.2. The first-order chi connectivity index (χ1) is 10.1. The van der Waals surface area contributed by atoms with E-state index < -0.39 is 0 Å². The summed E-state index contributed by atoms with van der Waals surface area (Å²) in [5.41, 5.74) is 13.7. The predicted octanol–water partition coefficient (Wildman–Crippen LogP) is 3.15. The Labute approximate surface area is 130 Å². The normalized spacial score (nSPS) is 10.5. The quantitative estimate of drug-likeness (QED) is 0.574. The SMILES string of the molecule is Cc1nc(-c2ccccc2)sc1-c1csc(N=C(N)N)n1. The number of aromatic nitrogens is 2. The molecule has 0 bridgehead atoms. The molecule has 2 aromatic heterocycles. The van der Waals surface area contributed by atoms with E-state index in [1.807, 2.05) is 42.6 Å². The second kappa shape index (κ2) is 5.63. The lowest BCUT2D eigenvalue weighted by Crippen LogP contribution is -2.21. The molecule has 1 aromatic carbocycles. The molecule has 4 N–H and O–H groups in total. The number of aryl methyl sites for hydroxylation is 1. The number of benzene rings is 1. The fraction of sp³-hybridized carbons (Fsp3) is 0.0714. The second-order valence-electron chi connectivity index (χ2n) is 4.35. The molecule has 7 heteroatoms. The van der Waals surface area contributed by atoms with Gasteiger partial charge in [0.1, 0.15) is 5.01 Å². The molecule has 0 saturated carbocycles. The third kappa shape index (κ3) is 2.93. The zero-order chi connectivity index (χ0) is 14.8. The van der Waals surface area contributed by atoms with Crippen molar-refractivity contribution in [3.05, 3.63) is 41.4 Å². The van der Waals surface area contributed by atoms with E-state index in [1.54, 1.807) is 11.3 Å². The monoisotopic (exact) mass is 315 g/mol. The zero-order valence-corrected chi connectivity index (χ0v) is 12.9. The molecular weight excluding hydrogens is 302 g/mol. The highest BCUT2D eigenvalue weighted by Crippen LogP contribution is 2.36.